The van der Waals surface area contributed by atoms with Crippen LogP contribution in [0.15, 0.2) is 18.3 Å². The molecule has 0 unspecified atom stereocenters. The highest BCUT2D eigenvalue weighted by atomic mass is 15.2. The van der Waals surface area contributed by atoms with Gasteiger partial charge in [-0.05, 0) is 59.3 Å². The molecule has 1 aliphatic rings. The maximum atomic E-state index is 2.60. The van der Waals surface area contributed by atoms with Crippen molar-refractivity contribution in [2.45, 2.75) is 39.2 Å². The van der Waals surface area contributed by atoms with E-state index < -0.39 is 0 Å². The summed E-state index contributed by atoms with van der Waals surface area (Å²) < 4.78 is 2.41. The second-order valence-corrected chi connectivity index (χ2v) is 6.79. The summed E-state index contributed by atoms with van der Waals surface area (Å²) in [6.45, 7) is 13.0. The Morgan fingerprint density at radius 2 is 1.79 bits per heavy atom. The summed E-state index contributed by atoms with van der Waals surface area (Å²) in [6.07, 6.45) is 4.67. The molecule has 1 fully saturated rings. The van der Waals surface area contributed by atoms with Gasteiger partial charge in [0.05, 0.1) is 0 Å². The number of nitrogens with zero attached hydrogens (tertiary/aromatic N) is 3. The molecule has 0 bridgehead atoms. The third-order valence-electron chi connectivity index (χ3n) is 4.06. The van der Waals surface area contributed by atoms with Gasteiger partial charge in [0.25, 0.3) is 0 Å². The van der Waals surface area contributed by atoms with Crippen LogP contribution in [0.4, 0.5) is 0 Å². The average molecular weight is 263 g/mol. The average Bonchev–Trinajstić information content (AvgIpc) is 2.80. The van der Waals surface area contributed by atoms with Crippen LogP contribution in [0.1, 0.15) is 32.9 Å². The van der Waals surface area contributed by atoms with Gasteiger partial charge in [0, 0.05) is 43.6 Å². The number of aryl methyl sites for hydroxylation is 1. The summed E-state index contributed by atoms with van der Waals surface area (Å²) in [5.74, 6) is 0. The predicted octanol–water partition coefficient (Wildman–Crippen LogP) is 2.42. The van der Waals surface area contributed by atoms with Crippen LogP contribution in [0.25, 0.3) is 0 Å². The van der Waals surface area contributed by atoms with Gasteiger partial charge in [-0.2, -0.15) is 0 Å². The van der Waals surface area contributed by atoms with Crippen molar-refractivity contribution in [3.8, 4) is 0 Å². The number of hydrogen-bond donors (Lipinski definition) is 0. The highest BCUT2D eigenvalue weighted by Crippen LogP contribution is 2.18. The lowest BCUT2D eigenvalue weighted by atomic mass is 10.1. The molecule has 0 aliphatic carbocycles. The second kappa shape index (κ2) is 6.10. The second-order valence-electron chi connectivity index (χ2n) is 6.79. The van der Waals surface area contributed by atoms with Crippen molar-refractivity contribution in [3.63, 3.8) is 0 Å². The molecule has 0 atom stereocenters. The van der Waals surface area contributed by atoms with Crippen molar-refractivity contribution < 1.29 is 0 Å². The van der Waals surface area contributed by atoms with E-state index in [-0.39, 0.29) is 5.54 Å². The number of likely N-dealkylation sites (N-methyl/N-ethyl adjacent to an activating group) is 1. The first kappa shape index (κ1) is 14.6. The van der Waals surface area contributed by atoms with Gasteiger partial charge in [-0.3, -0.25) is 0 Å². The summed E-state index contributed by atoms with van der Waals surface area (Å²) in [6, 6.07) is 4.45. The van der Waals surface area contributed by atoms with Crippen molar-refractivity contribution in [2.24, 2.45) is 0 Å². The molecule has 2 heterocycles. The van der Waals surface area contributed by atoms with E-state index in [9.17, 15) is 0 Å². The van der Waals surface area contributed by atoms with Gasteiger partial charge >= 0.3 is 0 Å². The molecule has 0 saturated carbocycles. The Balaban J connectivity index is 1.79. The highest BCUT2D eigenvalue weighted by Gasteiger charge is 2.16. The molecule has 0 radical (unpaired) electrons. The minimum absolute atomic E-state index is 0.201. The van der Waals surface area contributed by atoms with E-state index in [1.165, 1.54) is 51.3 Å². The summed E-state index contributed by atoms with van der Waals surface area (Å²) >= 11 is 0. The third kappa shape index (κ3) is 4.08. The number of rotatable bonds is 4. The predicted molar refractivity (Wildman–Crippen MR) is 81.7 cm³/mol. The lowest BCUT2D eigenvalue weighted by Gasteiger charge is -2.32. The molecule has 108 valence electrons. The maximum Gasteiger partial charge on any atom is 0.0358 e. The molecule has 1 aliphatic heterocycles. The van der Waals surface area contributed by atoms with Gasteiger partial charge in [0.2, 0.25) is 0 Å². The monoisotopic (exact) mass is 263 g/mol. The van der Waals surface area contributed by atoms with Crippen molar-refractivity contribution in [2.75, 3.05) is 39.8 Å². The van der Waals surface area contributed by atoms with Crippen molar-refractivity contribution in [1.29, 1.82) is 0 Å². The molecule has 2 rings (SSSR count). The summed E-state index contributed by atoms with van der Waals surface area (Å²) in [7, 11) is 2.22. The molecular weight excluding hydrogens is 234 g/mol. The SMILES string of the molecule is CN1CCN(CCCc2cccn2C(C)(C)C)CC1. The van der Waals surface area contributed by atoms with E-state index in [0.29, 0.717) is 0 Å². The van der Waals surface area contributed by atoms with Crippen molar-refractivity contribution >= 4 is 0 Å². The van der Waals surface area contributed by atoms with E-state index in [2.05, 4.69) is 60.5 Å². The lowest BCUT2D eigenvalue weighted by molar-refractivity contribution is 0.152. The first-order valence-electron chi connectivity index (χ1n) is 7.54. The van der Waals surface area contributed by atoms with Crippen LogP contribution in [-0.2, 0) is 12.0 Å². The van der Waals surface area contributed by atoms with E-state index in [0.717, 1.165) is 0 Å². The molecule has 0 aromatic carbocycles. The van der Waals surface area contributed by atoms with Crippen molar-refractivity contribution in [3.05, 3.63) is 24.0 Å². The van der Waals surface area contributed by atoms with Crippen LogP contribution >= 0.6 is 0 Å². The van der Waals surface area contributed by atoms with Gasteiger partial charge in [0.1, 0.15) is 0 Å². The molecule has 1 aromatic rings. The molecule has 3 nitrogen and oxygen atoms in total. The van der Waals surface area contributed by atoms with E-state index in [4.69, 9.17) is 0 Å². The van der Waals surface area contributed by atoms with Gasteiger partial charge in [-0.25, -0.2) is 0 Å². The Hall–Kier alpha value is -0.800. The Bertz CT molecular complexity index is 381. The van der Waals surface area contributed by atoms with Gasteiger partial charge in [-0.15, -0.1) is 0 Å². The molecule has 0 spiro atoms. The first-order chi connectivity index (χ1) is 8.97. The van der Waals surface area contributed by atoms with Crippen LogP contribution in [0.2, 0.25) is 0 Å². The fraction of sp³-hybridized carbons (Fsp3) is 0.750. The molecular formula is C16H29N3. The lowest BCUT2D eigenvalue weighted by Crippen LogP contribution is -2.44. The number of aromatic nitrogens is 1. The standard InChI is InChI=1S/C16H29N3/c1-16(2,3)19-10-6-8-15(19)7-5-9-18-13-11-17(4)12-14-18/h6,8,10H,5,7,9,11-14H2,1-4H3. The summed E-state index contributed by atoms with van der Waals surface area (Å²) in [5, 5.41) is 0. The molecule has 3 heteroatoms. The zero-order chi connectivity index (χ0) is 13.9. The normalized spacial score (nSPS) is 18.9. The zero-order valence-electron chi connectivity index (χ0n) is 13.0. The topological polar surface area (TPSA) is 11.4 Å². The molecule has 0 N–H and O–H groups in total. The van der Waals surface area contributed by atoms with E-state index in [1.807, 2.05) is 0 Å². The quantitative estimate of drug-likeness (QED) is 0.826. The Morgan fingerprint density at radius 1 is 1.11 bits per heavy atom. The smallest absolute Gasteiger partial charge is 0.0358 e. The largest absolute Gasteiger partial charge is 0.346 e. The van der Waals surface area contributed by atoms with Crippen LogP contribution in [0.5, 0.6) is 0 Å². The summed E-state index contributed by atoms with van der Waals surface area (Å²) in [4.78, 5) is 5.02. The minimum Gasteiger partial charge on any atom is -0.346 e. The fourth-order valence-electron chi connectivity index (χ4n) is 2.83. The Kier molecular flexibility index (Phi) is 4.69. The third-order valence-corrected chi connectivity index (χ3v) is 4.06. The van der Waals surface area contributed by atoms with Crippen LogP contribution in [0.3, 0.4) is 0 Å². The maximum absolute atomic E-state index is 2.60. The minimum atomic E-state index is 0.201. The van der Waals surface area contributed by atoms with E-state index in [1.54, 1.807) is 0 Å². The Morgan fingerprint density at radius 3 is 2.42 bits per heavy atom. The number of piperazine rings is 1. The van der Waals surface area contributed by atoms with Gasteiger partial charge in [-0.1, -0.05) is 0 Å². The van der Waals surface area contributed by atoms with Crippen molar-refractivity contribution in [1.82, 2.24) is 14.4 Å². The van der Waals surface area contributed by atoms with Crippen LogP contribution in [-0.4, -0.2) is 54.1 Å². The van der Waals surface area contributed by atoms with Gasteiger partial charge < -0.3 is 14.4 Å². The van der Waals surface area contributed by atoms with Crippen LogP contribution < -0.4 is 0 Å². The summed E-state index contributed by atoms with van der Waals surface area (Å²) in [5.41, 5.74) is 1.67. The highest BCUT2D eigenvalue weighted by molar-refractivity contribution is 5.10. The number of hydrogen-bond acceptors (Lipinski definition) is 2. The first-order valence-corrected chi connectivity index (χ1v) is 7.54. The molecule has 19 heavy (non-hydrogen) atoms. The van der Waals surface area contributed by atoms with E-state index >= 15 is 0 Å². The fourth-order valence-corrected chi connectivity index (χ4v) is 2.83. The molecule has 1 saturated heterocycles. The Labute approximate surface area is 118 Å². The molecule has 0 amide bonds. The van der Waals surface area contributed by atoms with Crippen LogP contribution in [0, 0.1) is 0 Å². The zero-order valence-corrected chi connectivity index (χ0v) is 13.0. The molecule has 1 aromatic heterocycles. The van der Waals surface area contributed by atoms with Gasteiger partial charge in [0.15, 0.2) is 0 Å².